The summed E-state index contributed by atoms with van der Waals surface area (Å²) >= 11 is 0. The molecule has 0 radical (unpaired) electrons. The molecule has 0 amide bonds. The normalized spacial score (nSPS) is 14.4. The summed E-state index contributed by atoms with van der Waals surface area (Å²) in [7, 11) is 0. The second-order valence-corrected chi connectivity index (χ2v) is 5.20. The first-order valence-corrected chi connectivity index (χ1v) is 7.37. The van der Waals surface area contributed by atoms with Crippen LogP contribution in [0, 0.1) is 5.92 Å². The van der Waals surface area contributed by atoms with Crippen LogP contribution in [0.3, 0.4) is 0 Å². The van der Waals surface area contributed by atoms with E-state index in [0.29, 0.717) is 6.04 Å². The number of aryl methyl sites for hydroxylation is 1. The van der Waals surface area contributed by atoms with Gasteiger partial charge in [0.2, 0.25) is 0 Å². The summed E-state index contributed by atoms with van der Waals surface area (Å²) in [5.74, 6) is 0.803. The lowest BCUT2D eigenvalue weighted by molar-refractivity contribution is 0.382. The summed E-state index contributed by atoms with van der Waals surface area (Å²) in [5.41, 5.74) is 2.57. The molecule has 1 aromatic heterocycles. The number of nitrogens with zero attached hydrogens (tertiary/aromatic N) is 1. The third kappa shape index (κ3) is 4.77. The smallest absolute Gasteiger partial charge is 0.0573 e. The van der Waals surface area contributed by atoms with Gasteiger partial charge in [0.05, 0.1) is 5.69 Å². The molecule has 2 unspecified atom stereocenters. The van der Waals surface area contributed by atoms with E-state index in [1.54, 1.807) is 0 Å². The van der Waals surface area contributed by atoms with Gasteiger partial charge in [-0.3, -0.25) is 4.98 Å². The fourth-order valence-corrected chi connectivity index (χ4v) is 2.24. The van der Waals surface area contributed by atoms with E-state index in [1.165, 1.54) is 30.5 Å². The number of nitrogens with one attached hydrogen (secondary N) is 1. The predicted molar refractivity (Wildman–Crippen MR) is 78.6 cm³/mol. The summed E-state index contributed by atoms with van der Waals surface area (Å²) in [6, 6.07) is 4.82. The average molecular weight is 248 g/mol. The van der Waals surface area contributed by atoms with Gasteiger partial charge in [-0.2, -0.15) is 0 Å². The summed E-state index contributed by atoms with van der Waals surface area (Å²) in [6.07, 6.45) is 6.68. The SMILES string of the molecule is CCc1cccnc1CNC(CC)CC(C)CC. The highest BCUT2D eigenvalue weighted by Crippen LogP contribution is 2.13. The van der Waals surface area contributed by atoms with Gasteiger partial charge in [-0.15, -0.1) is 0 Å². The lowest BCUT2D eigenvalue weighted by Crippen LogP contribution is -2.30. The zero-order chi connectivity index (χ0) is 13.4. The Morgan fingerprint density at radius 1 is 1.22 bits per heavy atom. The molecule has 0 bridgehead atoms. The van der Waals surface area contributed by atoms with Crippen LogP contribution in [-0.4, -0.2) is 11.0 Å². The maximum atomic E-state index is 4.49. The van der Waals surface area contributed by atoms with Crippen molar-refractivity contribution in [1.29, 1.82) is 0 Å². The van der Waals surface area contributed by atoms with Crippen LogP contribution in [0.1, 0.15) is 58.2 Å². The van der Waals surface area contributed by atoms with E-state index in [-0.39, 0.29) is 0 Å². The van der Waals surface area contributed by atoms with E-state index < -0.39 is 0 Å². The minimum Gasteiger partial charge on any atom is -0.308 e. The van der Waals surface area contributed by atoms with E-state index >= 15 is 0 Å². The summed E-state index contributed by atoms with van der Waals surface area (Å²) < 4.78 is 0. The minimum absolute atomic E-state index is 0.617. The molecule has 0 aliphatic heterocycles. The van der Waals surface area contributed by atoms with Crippen LogP contribution in [0.5, 0.6) is 0 Å². The highest BCUT2D eigenvalue weighted by Gasteiger charge is 2.11. The standard InChI is InChI=1S/C16H28N2/c1-5-13(4)11-15(7-3)18-12-16-14(6-2)9-8-10-17-16/h8-10,13,15,18H,5-7,11-12H2,1-4H3. The van der Waals surface area contributed by atoms with Gasteiger partial charge in [-0.25, -0.2) is 0 Å². The van der Waals surface area contributed by atoms with Crippen molar-refractivity contribution in [3.63, 3.8) is 0 Å². The Morgan fingerprint density at radius 2 is 2.00 bits per heavy atom. The minimum atomic E-state index is 0.617. The Kier molecular flexibility index (Phi) is 6.96. The van der Waals surface area contributed by atoms with Crippen molar-refractivity contribution in [3.05, 3.63) is 29.6 Å². The van der Waals surface area contributed by atoms with Gasteiger partial charge in [-0.1, -0.05) is 40.2 Å². The number of rotatable bonds is 8. The largest absolute Gasteiger partial charge is 0.308 e. The first kappa shape index (κ1) is 15.2. The van der Waals surface area contributed by atoms with Crippen LogP contribution in [0.25, 0.3) is 0 Å². The van der Waals surface area contributed by atoms with Crippen molar-refractivity contribution in [3.8, 4) is 0 Å². The number of hydrogen-bond donors (Lipinski definition) is 1. The average Bonchev–Trinajstić information content (AvgIpc) is 2.43. The molecule has 18 heavy (non-hydrogen) atoms. The topological polar surface area (TPSA) is 24.9 Å². The van der Waals surface area contributed by atoms with Crippen LogP contribution in [0.4, 0.5) is 0 Å². The van der Waals surface area contributed by atoms with Crippen molar-refractivity contribution in [2.75, 3.05) is 0 Å². The second kappa shape index (κ2) is 8.25. The summed E-state index contributed by atoms with van der Waals surface area (Å²) in [5, 5.41) is 3.66. The molecule has 1 aromatic rings. The van der Waals surface area contributed by atoms with Crippen molar-refractivity contribution < 1.29 is 0 Å². The lowest BCUT2D eigenvalue weighted by atomic mass is 9.97. The quantitative estimate of drug-likeness (QED) is 0.753. The van der Waals surface area contributed by atoms with Gasteiger partial charge in [0, 0.05) is 18.8 Å². The Labute approximate surface area is 112 Å². The molecule has 0 aliphatic rings. The molecule has 2 heteroatoms. The van der Waals surface area contributed by atoms with E-state index in [2.05, 4.69) is 44.1 Å². The molecule has 1 rings (SSSR count). The molecule has 2 atom stereocenters. The van der Waals surface area contributed by atoms with Crippen LogP contribution in [-0.2, 0) is 13.0 Å². The molecule has 0 aliphatic carbocycles. The first-order chi connectivity index (χ1) is 8.71. The van der Waals surface area contributed by atoms with Gasteiger partial charge in [0.1, 0.15) is 0 Å². The van der Waals surface area contributed by atoms with E-state index in [0.717, 1.165) is 18.9 Å². The molecule has 0 spiro atoms. The van der Waals surface area contributed by atoms with Crippen molar-refractivity contribution >= 4 is 0 Å². The number of aromatic nitrogens is 1. The Balaban J connectivity index is 2.51. The van der Waals surface area contributed by atoms with Gasteiger partial charge >= 0.3 is 0 Å². The molecule has 0 fully saturated rings. The second-order valence-electron chi connectivity index (χ2n) is 5.20. The predicted octanol–water partition coefficient (Wildman–Crippen LogP) is 3.95. The molecule has 0 aromatic carbocycles. The molecule has 2 nitrogen and oxygen atoms in total. The van der Waals surface area contributed by atoms with E-state index in [1.807, 2.05) is 12.3 Å². The lowest BCUT2D eigenvalue weighted by Gasteiger charge is -2.20. The van der Waals surface area contributed by atoms with Crippen LogP contribution < -0.4 is 5.32 Å². The molecular weight excluding hydrogens is 220 g/mol. The monoisotopic (exact) mass is 248 g/mol. The van der Waals surface area contributed by atoms with Crippen LogP contribution >= 0.6 is 0 Å². The highest BCUT2D eigenvalue weighted by molar-refractivity contribution is 5.19. The number of pyridine rings is 1. The zero-order valence-corrected chi connectivity index (χ0v) is 12.4. The van der Waals surface area contributed by atoms with Gasteiger partial charge in [-0.05, 0) is 36.8 Å². The van der Waals surface area contributed by atoms with Crippen molar-refractivity contribution in [1.82, 2.24) is 10.3 Å². The van der Waals surface area contributed by atoms with Gasteiger partial charge in [0.25, 0.3) is 0 Å². The van der Waals surface area contributed by atoms with Gasteiger partial charge < -0.3 is 5.32 Å². The van der Waals surface area contributed by atoms with Crippen molar-refractivity contribution in [2.24, 2.45) is 5.92 Å². The molecule has 0 saturated heterocycles. The fraction of sp³-hybridized carbons (Fsp3) is 0.688. The molecular formula is C16H28N2. The highest BCUT2D eigenvalue weighted by atomic mass is 14.9. The third-order valence-corrected chi connectivity index (χ3v) is 3.80. The van der Waals surface area contributed by atoms with Crippen LogP contribution in [0.2, 0.25) is 0 Å². The molecule has 1 heterocycles. The fourth-order valence-electron chi connectivity index (χ4n) is 2.24. The van der Waals surface area contributed by atoms with Gasteiger partial charge in [0.15, 0.2) is 0 Å². The van der Waals surface area contributed by atoms with Crippen molar-refractivity contribution in [2.45, 2.75) is 66.0 Å². The first-order valence-electron chi connectivity index (χ1n) is 7.37. The maximum absolute atomic E-state index is 4.49. The third-order valence-electron chi connectivity index (χ3n) is 3.80. The maximum Gasteiger partial charge on any atom is 0.0573 e. The van der Waals surface area contributed by atoms with E-state index in [9.17, 15) is 0 Å². The Bertz CT molecular complexity index is 336. The zero-order valence-electron chi connectivity index (χ0n) is 12.4. The molecule has 1 N–H and O–H groups in total. The van der Waals surface area contributed by atoms with Crippen LogP contribution in [0.15, 0.2) is 18.3 Å². The molecule has 102 valence electrons. The van der Waals surface area contributed by atoms with E-state index in [4.69, 9.17) is 0 Å². The Hall–Kier alpha value is -0.890. The summed E-state index contributed by atoms with van der Waals surface area (Å²) in [6.45, 7) is 9.96. The Morgan fingerprint density at radius 3 is 2.61 bits per heavy atom. The summed E-state index contributed by atoms with van der Waals surface area (Å²) in [4.78, 5) is 4.49. The number of hydrogen-bond acceptors (Lipinski definition) is 2. The molecule has 0 saturated carbocycles.